The minimum Gasteiger partial charge on any atom is -0.358 e. The number of hydrogen-bond acceptors (Lipinski definition) is 4. The molecule has 1 rings (SSSR count). The van der Waals surface area contributed by atoms with Crippen molar-refractivity contribution in [2.75, 3.05) is 0 Å². The molecule has 0 aliphatic rings. The molecule has 5 nitrogen and oxygen atoms in total. The molecule has 15 heavy (non-hydrogen) atoms. The van der Waals surface area contributed by atoms with E-state index >= 15 is 0 Å². The topological polar surface area (TPSA) is 82.0 Å². The second kappa shape index (κ2) is 4.22. The third kappa shape index (κ3) is 2.04. The van der Waals surface area contributed by atoms with E-state index in [0.717, 1.165) is 0 Å². The summed E-state index contributed by atoms with van der Waals surface area (Å²) in [6.45, 7) is -0.547. The summed E-state index contributed by atoms with van der Waals surface area (Å²) in [6.07, 6.45) is -2.40. The number of nitrogens with zero attached hydrogens (tertiary/aromatic N) is 2. The molecule has 0 amide bonds. The van der Waals surface area contributed by atoms with E-state index in [1.807, 2.05) is 0 Å². The van der Waals surface area contributed by atoms with Crippen LogP contribution in [0.5, 0.6) is 0 Å². The Morgan fingerprint density at radius 2 is 2.20 bits per heavy atom. The number of nitro groups is 1. The Morgan fingerprint density at radius 3 is 2.60 bits per heavy atom. The molecule has 1 heterocycles. The molecule has 0 aliphatic heterocycles. The number of halogens is 3. The second-order valence-corrected chi connectivity index (χ2v) is 2.59. The van der Waals surface area contributed by atoms with Crippen molar-refractivity contribution in [3.8, 4) is 0 Å². The maximum Gasteiger partial charge on any atom is 0.400 e. The molecule has 0 bridgehead atoms. The first-order valence-electron chi connectivity index (χ1n) is 3.79. The van der Waals surface area contributed by atoms with Gasteiger partial charge in [-0.05, 0) is 9.91 Å². The van der Waals surface area contributed by atoms with Gasteiger partial charge in [0.25, 0.3) is 6.43 Å². The zero-order valence-corrected chi connectivity index (χ0v) is 7.28. The first-order valence-corrected chi connectivity index (χ1v) is 3.79. The maximum absolute atomic E-state index is 13.2. The van der Waals surface area contributed by atoms with Crippen LogP contribution in [-0.2, 0) is 6.54 Å². The van der Waals surface area contributed by atoms with Gasteiger partial charge in [-0.25, -0.2) is 8.78 Å². The first-order chi connectivity index (χ1) is 6.99. The van der Waals surface area contributed by atoms with Gasteiger partial charge in [0.2, 0.25) is 5.82 Å². The number of hydrogen-bond donors (Lipinski definition) is 1. The van der Waals surface area contributed by atoms with E-state index in [4.69, 9.17) is 5.73 Å². The molecule has 0 unspecified atom stereocenters. The molecule has 8 heteroatoms. The van der Waals surface area contributed by atoms with Crippen LogP contribution in [0.4, 0.5) is 19.0 Å². The first kappa shape index (κ1) is 11.4. The van der Waals surface area contributed by atoms with Gasteiger partial charge in [-0.15, -0.1) is 0 Å². The van der Waals surface area contributed by atoms with Crippen LogP contribution in [0.2, 0.25) is 0 Å². The molecule has 0 spiro atoms. The van der Waals surface area contributed by atoms with E-state index < -0.39 is 40.7 Å². The summed E-state index contributed by atoms with van der Waals surface area (Å²) >= 11 is 0. The van der Waals surface area contributed by atoms with Crippen LogP contribution in [0.3, 0.4) is 0 Å². The Hall–Kier alpha value is -1.70. The van der Waals surface area contributed by atoms with Crippen LogP contribution in [-0.4, -0.2) is 9.91 Å². The van der Waals surface area contributed by atoms with E-state index in [0.29, 0.717) is 6.20 Å². The Morgan fingerprint density at radius 1 is 1.60 bits per heavy atom. The van der Waals surface area contributed by atoms with Crippen molar-refractivity contribution in [1.29, 1.82) is 0 Å². The lowest BCUT2D eigenvalue weighted by Crippen LogP contribution is -2.09. The summed E-state index contributed by atoms with van der Waals surface area (Å²) in [6, 6.07) is 0. The number of alkyl halides is 2. The van der Waals surface area contributed by atoms with Gasteiger partial charge in [0.15, 0.2) is 0 Å². The fourth-order valence-corrected chi connectivity index (χ4v) is 1.05. The summed E-state index contributed by atoms with van der Waals surface area (Å²) in [5, 5.41) is 10.2. The largest absolute Gasteiger partial charge is 0.400 e. The van der Waals surface area contributed by atoms with E-state index in [2.05, 4.69) is 4.98 Å². The van der Waals surface area contributed by atoms with E-state index in [1.54, 1.807) is 0 Å². The number of pyridine rings is 1. The van der Waals surface area contributed by atoms with Gasteiger partial charge in [-0.1, -0.05) is 0 Å². The maximum atomic E-state index is 13.2. The molecule has 0 fully saturated rings. The van der Waals surface area contributed by atoms with E-state index in [-0.39, 0.29) is 0 Å². The molecule has 0 aromatic carbocycles. The predicted molar refractivity (Wildman–Crippen MR) is 43.7 cm³/mol. The highest BCUT2D eigenvalue weighted by molar-refractivity contribution is 5.35. The van der Waals surface area contributed by atoms with Crippen molar-refractivity contribution < 1.29 is 18.1 Å². The Balaban J connectivity index is 3.39. The molecule has 0 saturated carbocycles. The van der Waals surface area contributed by atoms with Gasteiger partial charge in [-0.2, -0.15) is 4.39 Å². The SMILES string of the molecule is NCc1c(C(F)F)cnc([N+](=O)[O-])c1F. The highest BCUT2D eigenvalue weighted by Gasteiger charge is 2.26. The Labute approximate surface area is 81.9 Å². The molecule has 1 aromatic rings. The van der Waals surface area contributed by atoms with E-state index in [1.165, 1.54) is 0 Å². The third-order valence-corrected chi connectivity index (χ3v) is 1.75. The molecule has 1 aromatic heterocycles. The van der Waals surface area contributed by atoms with Crippen LogP contribution in [0.1, 0.15) is 17.6 Å². The average molecular weight is 221 g/mol. The van der Waals surface area contributed by atoms with Gasteiger partial charge in [-0.3, -0.25) is 0 Å². The standard InChI is InChI=1S/C7H6F3N3O2/c8-5-3(1-11)4(6(9)10)2-12-7(5)13(14)15/h2,6H,1,11H2. The number of nitrogens with two attached hydrogens (primary N) is 1. The highest BCUT2D eigenvalue weighted by atomic mass is 19.3. The summed E-state index contributed by atoms with van der Waals surface area (Å²) in [4.78, 5) is 12.2. The highest BCUT2D eigenvalue weighted by Crippen LogP contribution is 2.27. The molecular weight excluding hydrogens is 215 g/mol. The lowest BCUT2D eigenvalue weighted by atomic mass is 10.1. The molecule has 0 saturated heterocycles. The van der Waals surface area contributed by atoms with Gasteiger partial charge in [0.1, 0.15) is 6.20 Å². The van der Waals surface area contributed by atoms with Crippen LogP contribution < -0.4 is 5.73 Å². The number of aromatic nitrogens is 1. The molecule has 0 atom stereocenters. The molecule has 0 aliphatic carbocycles. The van der Waals surface area contributed by atoms with Crippen molar-refractivity contribution in [2.45, 2.75) is 13.0 Å². The monoisotopic (exact) mass is 221 g/mol. The van der Waals surface area contributed by atoms with Gasteiger partial charge < -0.3 is 15.8 Å². The molecular formula is C7H6F3N3O2. The van der Waals surface area contributed by atoms with E-state index in [9.17, 15) is 23.3 Å². The lowest BCUT2D eigenvalue weighted by molar-refractivity contribution is -0.392. The minimum absolute atomic E-state index is 0.547. The molecule has 82 valence electrons. The predicted octanol–water partition coefficient (Wildman–Crippen LogP) is 1.53. The van der Waals surface area contributed by atoms with Gasteiger partial charge >= 0.3 is 5.82 Å². The minimum atomic E-state index is -2.97. The third-order valence-electron chi connectivity index (χ3n) is 1.75. The van der Waals surface area contributed by atoms with Crippen molar-refractivity contribution in [3.05, 3.63) is 33.3 Å². The summed E-state index contributed by atoms with van der Waals surface area (Å²) in [7, 11) is 0. The van der Waals surface area contributed by atoms with Crippen LogP contribution in [0.25, 0.3) is 0 Å². The molecule has 2 N–H and O–H groups in total. The van der Waals surface area contributed by atoms with Crippen LogP contribution >= 0.6 is 0 Å². The van der Waals surface area contributed by atoms with Gasteiger partial charge in [0, 0.05) is 12.1 Å². The quantitative estimate of drug-likeness (QED) is 0.619. The summed E-state index contributed by atoms with van der Waals surface area (Å²) in [5.74, 6) is -2.50. The second-order valence-electron chi connectivity index (χ2n) is 2.59. The molecule has 0 radical (unpaired) electrons. The zero-order chi connectivity index (χ0) is 11.6. The van der Waals surface area contributed by atoms with Crippen molar-refractivity contribution in [2.24, 2.45) is 5.73 Å². The smallest absolute Gasteiger partial charge is 0.358 e. The van der Waals surface area contributed by atoms with Crippen LogP contribution in [0.15, 0.2) is 6.20 Å². The normalized spacial score (nSPS) is 10.7. The summed E-state index contributed by atoms with van der Waals surface area (Å²) in [5.41, 5.74) is 3.74. The number of rotatable bonds is 3. The zero-order valence-electron chi connectivity index (χ0n) is 7.28. The average Bonchev–Trinajstić information content (AvgIpc) is 2.16. The Kier molecular flexibility index (Phi) is 3.20. The van der Waals surface area contributed by atoms with Crippen molar-refractivity contribution >= 4 is 5.82 Å². The Bertz CT molecular complexity index is 397. The van der Waals surface area contributed by atoms with Crippen molar-refractivity contribution in [1.82, 2.24) is 4.98 Å². The van der Waals surface area contributed by atoms with Crippen molar-refractivity contribution in [3.63, 3.8) is 0 Å². The summed E-state index contributed by atoms with van der Waals surface area (Å²) < 4.78 is 37.8. The van der Waals surface area contributed by atoms with Gasteiger partial charge in [0.05, 0.1) is 5.56 Å². The van der Waals surface area contributed by atoms with Crippen LogP contribution in [0, 0.1) is 15.9 Å². The fraction of sp³-hybridized carbons (Fsp3) is 0.286. The fourth-order valence-electron chi connectivity index (χ4n) is 1.05. The lowest BCUT2D eigenvalue weighted by Gasteiger charge is -2.05.